The lowest BCUT2D eigenvalue weighted by Crippen LogP contribution is -2.38. The molecule has 0 fully saturated rings. The molecule has 2 atom stereocenters. The third-order valence-electron chi connectivity index (χ3n) is 4.33. The molecule has 0 aromatic heterocycles. The molecule has 0 unspecified atom stereocenters. The summed E-state index contributed by atoms with van der Waals surface area (Å²) in [5.74, 6) is -2.27. The normalized spacial score (nSPS) is 12.8. The first-order valence-electron chi connectivity index (χ1n) is 10.8. The third kappa shape index (κ3) is 12.6. The second kappa shape index (κ2) is 13.4. The maximum Gasteiger partial charge on any atom is 0.408 e. The molecule has 37 heavy (non-hydrogen) atoms. The summed E-state index contributed by atoms with van der Waals surface area (Å²) in [5.41, 5.74) is 5.75. The molecular weight excluding hydrogens is 510 g/mol. The summed E-state index contributed by atoms with van der Waals surface area (Å²) < 4.78 is 34.3. The molecule has 8 N–H and O–H groups in total. The molecule has 0 aliphatic carbocycles. The number of rotatable bonds is 8. The fourth-order valence-electron chi connectivity index (χ4n) is 2.63. The van der Waals surface area contributed by atoms with Crippen LogP contribution in [0.3, 0.4) is 0 Å². The van der Waals surface area contributed by atoms with Crippen LogP contribution in [0.4, 0.5) is 4.79 Å². The van der Waals surface area contributed by atoms with E-state index in [4.69, 9.17) is 30.3 Å². The maximum absolute atomic E-state index is 11.6. The number of alkyl carbamates (subject to hydrolysis) is 1. The highest BCUT2D eigenvalue weighted by Crippen LogP contribution is 2.18. The van der Waals surface area contributed by atoms with E-state index >= 15 is 0 Å². The molecule has 0 aliphatic rings. The number of phenols is 2. The zero-order valence-electron chi connectivity index (χ0n) is 20.4. The van der Waals surface area contributed by atoms with Crippen molar-refractivity contribution in [3.05, 3.63) is 59.7 Å². The highest BCUT2D eigenvalue weighted by Gasteiger charge is 2.25. The fourth-order valence-corrected chi connectivity index (χ4v) is 2.99. The number of ether oxygens (including phenoxy) is 1. The van der Waals surface area contributed by atoms with Crippen molar-refractivity contribution in [1.82, 2.24) is 10.6 Å². The summed E-state index contributed by atoms with van der Waals surface area (Å²) in [6.07, 6.45) is -0.812. The Kier molecular flexibility index (Phi) is 11.3. The molecule has 204 valence electrons. The molecule has 13 nitrogen and oxygen atoms in total. The van der Waals surface area contributed by atoms with Gasteiger partial charge in [-0.05, 0) is 56.2 Å². The van der Waals surface area contributed by atoms with Crippen molar-refractivity contribution in [3.63, 3.8) is 0 Å². The van der Waals surface area contributed by atoms with Crippen molar-refractivity contribution in [2.24, 2.45) is 5.73 Å². The standard InChI is InChI=1S/C13H17NO5.C10H14N2O5S/c1-13(2,3)19-12(18)14-10(11(16)17)8-4-6-9(15)7-5-8;11-9(7-1-3-8(13)4-2-7)10(14)12-5-6-18(15,16)17/h4-7,10,15H,1-3H3,(H,14,18)(H,16,17);1-4,9,13H,5-6,11H2,(H,12,14)(H,15,16,17)/t10-;9-/m11/s1. The Labute approximate surface area is 214 Å². The number of amides is 2. The van der Waals surface area contributed by atoms with Crippen LogP contribution in [-0.2, 0) is 24.4 Å². The monoisotopic (exact) mass is 541 g/mol. The van der Waals surface area contributed by atoms with Crippen LogP contribution in [0.15, 0.2) is 48.5 Å². The third-order valence-corrected chi connectivity index (χ3v) is 5.05. The first-order valence-corrected chi connectivity index (χ1v) is 12.4. The van der Waals surface area contributed by atoms with E-state index < -0.39 is 51.5 Å². The Morgan fingerprint density at radius 2 is 1.41 bits per heavy atom. The Morgan fingerprint density at radius 3 is 1.81 bits per heavy atom. The summed E-state index contributed by atoms with van der Waals surface area (Å²) in [5, 5.41) is 31.9. The van der Waals surface area contributed by atoms with E-state index in [1.807, 2.05) is 0 Å². The number of carboxylic acid groups (broad SMARTS) is 1. The minimum absolute atomic E-state index is 0.0187. The Balaban J connectivity index is 0.000000371. The van der Waals surface area contributed by atoms with Gasteiger partial charge in [-0.15, -0.1) is 0 Å². The second-order valence-electron chi connectivity index (χ2n) is 8.66. The minimum atomic E-state index is -4.10. The van der Waals surface area contributed by atoms with Gasteiger partial charge in [-0.25, -0.2) is 9.59 Å². The number of nitrogens with one attached hydrogen (secondary N) is 2. The molecule has 2 amide bonds. The van der Waals surface area contributed by atoms with Crippen LogP contribution in [0, 0.1) is 0 Å². The summed E-state index contributed by atoms with van der Waals surface area (Å²) >= 11 is 0. The topological polar surface area (TPSA) is 226 Å². The van der Waals surface area contributed by atoms with Crippen molar-refractivity contribution in [2.45, 2.75) is 38.5 Å². The Hall–Kier alpha value is -3.88. The van der Waals surface area contributed by atoms with Gasteiger partial charge >= 0.3 is 12.1 Å². The van der Waals surface area contributed by atoms with E-state index in [0.717, 1.165) is 0 Å². The average molecular weight is 542 g/mol. The smallest absolute Gasteiger partial charge is 0.408 e. The van der Waals surface area contributed by atoms with Crippen LogP contribution in [-0.4, -0.2) is 64.2 Å². The molecule has 14 heteroatoms. The van der Waals surface area contributed by atoms with Gasteiger partial charge in [-0.2, -0.15) is 8.42 Å². The number of carbonyl (C=O) groups excluding carboxylic acids is 2. The predicted molar refractivity (Wildman–Crippen MR) is 132 cm³/mol. The highest BCUT2D eigenvalue weighted by atomic mass is 32.2. The number of hydrogen-bond donors (Lipinski definition) is 7. The fraction of sp³-hybridized carbons (Fsp3) is 0.348. The van der Waals surface area contributed by atoms with Crippen LogP contribution in [0.1, 0.15) is 44.0 Å². The van der Waals surface area contributed by atoms with Gasteiger partial charge in [0.05, 0.1) is 5.75 Å². The van der Waals surface area contributed by atoms with E-state index in [9.17, 15) is 22.8 Å². The molecule has 0 spiro atoms. The lowest BCUT2D eigenvalue weighted by atomic mass is 10.1. The quantitative estimate of drug-likeness (QED) is 0.237. The van der Waals surface area contributed by atoms with Crippen LogP contribution in [0.5, 0.6) is 11.5 Å². The maximum atomic E-state index is 11.6. The zero-order chi connectivity index (χ0) is 28.4. The van der Waals surface area contributed by atoms with Crippen LogP contribution in [0.25, 0.3) is 0 Å². The summed E-state index contributed by atoms with van der Waals surface area (Å²) in [4.78, 5) is 34.3. The molecule has 2 aromatic carbocycles. The highest BCUT2D eigenvalue weighted by molar-refractivity contribution is 7.85. The van der Waals surface area contributed by atoms with Gasteiger partial charge in [0.1, 0.15) is 23.1 Å². The van der Waals surface area contributed by atoms with E-state index in [-0.39, 0.29) is 18.0 Å². The molecule has 0 radical (unpaired) electrons. The number of hydrogen-bond acceptors (Lipinski definition) is 9. The van der Waals surface area contributed by atoms with E-state index in [1.54, 1.807) is 20.8 Å². The van der Waals surface area contributed by atoms with Crippen LogP contribution >= 0.6 is 0 Å². The van der Waals surface area contributed by atoms with Crippen molar-refractivity contribution in [3.8, 4) is 11.5 Å². The Morgan fingerprint density at radius 1 is 0.946 bits per heavy atom. The van der Waals surface area contributed by atoms with Gasteiger partial charge in [0.2, 0.25) is 5.91 Å². The first-order chi connectivity index (χ1) is 17.0. The van der Waals surface area contributed by atoms with Gasteiger partial charge in [-0.1, -0.05) is 24.3 Å². The van der Waals surface area contributed by atoms with Crippen LogP contribution < -0.4 is 16.4 Å². The first kappa shape index (κ1) is 31.2. The number of carboxylic acids is 1. The van der Waals surface area contributed by atoms with Gasteiger partial charge in [0, 0.05) is 6.54 Å². The van der Waals surface area contributed by atoms with E-state index in [1.165, 1.54) is 48.5 Å². The van der Waals surface area contributed by atoms with E-state index in [0.29, 0.717) is 11.1 Å². The molecule has 2 rings (SSSR count). The lowest BCUT2D eigenvalue weighted by Gasteiger charge is -2.22. The minimum Gasteiger partial charge on any atom is -0.508 e. The molecular formula is C23H31N3O10S. The van der Waals surface area contributed by atoms with Gasteiger partial charge in [-0.3, -0.25) is 9.35 Å². The number of phenolic OH excluding ortho intramolecular Hbond substituents is 2. The number of aromatic hydroxyl groups is 2. The SMILES string of the molecule is CC(C)(C)OC(=O)N[C@@H](C(=O)O)c1ccc(O)cc1.N[C@@H](C(=O)NCCS(=O)(=O)O)c1ccc(O)cc1. The second-order valence-corrected chi connectivity index (χ2v) is 10.2. The number of aliphatic carboxylic acids is 1. The summed E-state index contributed by atoms with van der Waals surface area (Å²) in [6, 6.07) is 9.11. The van der Waals surface area contributed by atoms with E-state index in [2.05, 4.69) is 10.6 Å². The average Bonchev–Trinajstić information content (AvgIpc) is 2.76. The number of benzene rings is 2. The van der Waals surface area contributed by atoms with Crippen molar-refractivity contribution in [2.75, 3.05) is 12.3 Å². The van der Waals surface area contributed by atoms with Gasteiger partial charge < -0.3 is 36.4 Å². The van der Waals surface area contributed by atoms with Crippen molar-refractivity contribution < 1.29 is 47.4 Å². The molecule has 0 saturated heterocycles. The molecule has 0 heterocycles. The molecule has 0 bridgehead atoms. The zero-order valence-corrected chi connectivity index (χ0v) is 21.2. The molecule has 2 aromatic rings. The van der Waals surface area contributed by atoms with Crippen molar-refractivity contribution in [1.29, 1.82) is 0 Å². The lowest BCUT2D eigenvalue weighted by molar-refractivity contribution is -0.139. The largest absolute Gasteiger partial charge is 0.508 e. The summed E-state index contributed by atoms with van der Waals surface area (Å²) in [6.45, 7) is 4.83. The molecule has 0 aliphatic heterocycles. The van der Waals surface area contributed by atoms with Crippen LogP contribution in [0.2, 0.25) is 0 Å². The number of nitrogens with two attached hydrogens (primary N) is 1. The number of carbonyl (C=O) groups is 3. The predicted octanol–water partition coefficient (Wildman–Crippen LogP) is 1.44. The molecule has 0 saturated carbocycles. The van der Waals surface area contributed by atoms with Gasteiger partial charge in [0.15, 0.2) is 6.04 Å². The Bertz CT molecular complexity index is 1160. The van der Waals surface area contributed by atoms with Gasteiger partial charge in [0.25, 0.3) is 10.1 Å². The summed E-state index contributed by atoms with van der Waals surface area (Å²) in [7, 11) is -4.10. The van der Waals surface area contributed by atoms with Crippen molar-refractivity contribution >= 4 is 28.1 Å².